The maximum absolute atomic E-state index is 11.2. The second kappa shape index (κ2) is 3.87. The standard InChI is InChI=1S/C10H16N2O2/c1-10(2,3)14-9(13)12-8-4-7(5-8)6-11/h7-8H,4-5H2,1-3H3,(H,12,13)/t7-,8-. The number of amides is 1. The van der Waals surface area contributed by atoms with Crippen LogP contribution >= 0.6 is 0 Å². The summed E-state index contributed by atoms with van der Waals surface area (Å²) in [6.45, 7) is 5.47. The van der Waals surface area contributed by atoms with E-state index in [2.05, 4.69) is 11.4 Å². The van der Waals surface area contributed by atoms with E-state index < -0.39 is 5.60 Å². The summed E-state index contributed by atoms with van der Waals surface area (Å²) in [7, 11) is 0. The molecule has 1 rings (SSSR count). The molecule has 0 heterocycles. The van der Waals surface area contributed by atoms with Gasteiger partial charge in [-0.25, -0.2) is 4.79 Å². The first-order valence-electron chi connectivity index (χ1n) is 4.80. The fourth-order valence-corrected chi connectivity index (χ4v) is 1.32. The van der Waals surface area contributed by atoms with Gasteiger partial charge in [0.1, 0.15) is 5.60 Å². The van der Waals surface area contributed by atoms with Crippen LogP contribution in [0.15, 0.2) is 0 Å². The highest BCUT2D eigenvalue weighted by atomic mass is 16.6. The minimum atomic E-state index is -0.456. The lowest BCUT2D eigenvalue weighted by Gasteiger charge is -2.32. The number of alkyl carbamates (subject to hydrolysis) is 1. The molecule has 78 valence electrons. The van der Waals surface area contributed by atoms with E-state index in [1.807, 2.05) is 20.8 Å². The minimum absolute atomic E-state index is 0.106. The summed E-state index contributed by atoms with van der Waals surface area (Å²) >= 11 is 0. The molecule has 1 aliphatic rings. The Morgan fingerprint density at radius 3 is 2.50 bits per heavy atom. The first-order valence-corrected chi connectivity index (χ1v) is 4.80. The molecule has 1 N–H and O–H groups in total. The number of carbonyl (C=O) groups is 1. The molecule has 0 bridgehead atoms. The van der Waals surface area contributed by atoms with Crippen LogP contribution in [0.3, 0.4) is 0 Å². The molecule has 0 aromatic rings. The van der Waals surface area contributed by atoms with Crippen LogP contribution in [0.4, 0.5) is 4.79 Å². The predicted octanol–water partition coefficient (Wildman–Crippen LogP) is 1.81. The number of rotatable bonds is 1. The quantitative estimate of drug-likeness (QED) is 0.695. The molecule has 1 aliphatic carbocycles. The molecule has 0 unspecified atom stereocenters. The second-order valence-corrected chi connectivity index (χ2v) is 4.64. The molecule has 0 spiro atoms. The van der Waals surface area contributed by atoms with Crippen molar-refractivity contribution < 1.29 is 9.53 Å². The number of nitrogens with one attached hydrogen (secondary N) is 1. The largest absolute Gasteiger partial charge is 0.444 e. The molecule has 0 aromatic heterocycles. The molecule has 0 saturated heterocycles. The summed E-state index contributed by atoms with van der Waals surface area (Å²) in [4.78, 5) is 11.2. The first-order chi connectivity index (χ1) is 6.40. The van der Waals surface area contributed by atoms with E-state index in [0.717, 1.165) is 12.8 Å². The third-order valence-corrected chi connectivity index (χ3v) is 2.04. The number of hydrogen-bond acceptors (Lipinski definition) is 3. The minimum Gasteiger partial charge on any atom is -0.444 e. The normalized spacial score (nSPS) is 25.9. The van der Waals surface area contributed by atoms with Crippen molar-refractivity contribution in [1.82, 2.24) is 5.32 Å². The molecule has 0 aliphatic heterocycles. The topological polar surface area (TPSA) is 62.1 Å². The number of carbonyl (C=O) groups excluding carboxylic acids is 1. The van der Waals surface area contributed by atoms with E-state index in [1.165, 1.54) is 0 Å². The first kappa shape index (κ1) is 10.8. The summed E-state index contributed by atoms with van der Waals surface area (Å²) in [6.07, 6.45) is 1.10. The number of nitrogens with zero attached hydrogens (tertiary/aromatic N) is 1. The summed E-state index contributed by atoms with van der Waals surface area (Å²) in [6, 6.07) is 2.28. The van der Waals surface area contributed by atoms with Crippen LogP contribution in [0.2, 0.25) is 0 Å². The van der Waals surface area contributed by atoms with Gasteiger partial charge in [-0.1, -0.05) is 0 Å². The van der Waals surface area contributed by atoms with Crippen molar-refractivity contribution in [3.8, 4) is 6.07 Å². The summed E-state index contributed by atoms with van der Waals surface area (Å²) in [5, 5.41) is 11.3. The summed E-state index contributed by atoms with van der Waals surface area (Å²) in [5.41, 5.74) is -0.456. The van der Waals surface area contributed by atoms with Gasteiger partial charge in [0, 0.05) is 6.04 Å². The maximum atomic E-state index is 11.2. The van der Waals surface area contributed by atoms with Gasteiger partial charge >= 0.3 is 6.09 Å². The van der Waals surface area contributed by atoms with E-state index >= 15 is 0 Å². The van der Waals surface area contributed by atoms with Crippen LogP contribution in [0.1, 0.15) is 33.6 Å². The smallest absolute Gasteiger partial charge is 0.407 e. The van der Waals surface area contributed by atoms with Gasteiger partial charge in [0.15, 0.2) is 0 Å². The van der Waals surface area contributed by atoms with Crippen molar-refractivity contribution in [3.05, 3.63) is 0 Å². The zero-order valence-corrected chi connectivity index (χ0v) is 8.83. The SMILES string of the molecule is CC(C)(C)OC(=O)N[C@H]1C[C@H](C#N)C1. The molecular formula is C10H16N2O2. The summed E-state index contributed by atoms with van der Waals surface area (Å²) < 4.78 is 5.08. The van der Waals surface area contributed by atoms with Crippen molar-refractivity contribution in [2.75, 3.05) is 0 Å². The zero-order chi connectivity index (χ0) is 10.8. The number of nitriles is 1. The molecule has 1 fully saturated rings. The number of hydrogen-bond donors (Lipinski definition) is 1. The molecule has 0 radical (unpaired) electrons. The van der Waals surface area contributed by atoms with Gasteiger partial charge in [-0.05, 0) is 33.6 Å². The highest BCUT2D eigenvalue weighted by Gasteiger charge is 2.31. The Bertz CT molecular complexity index is 256. The Morgan fingerprint density at radius 1 is 1.50 bits per heavy atom. The fraction of sp³-hybridized carbons (Fsp3) is 0.800. The third kappa shape index (κ3) is 3.25. The molecule has 4 heteroatoms. The van der Waals surface area contributed by atoms with E-state index in [0.29, 0.717) is 0 Å². The zero-order valence-electron chi connectivity index (χ0n) is 8.83. The van der Waals surface area contributed by atoms with Crippen LogP contribution in [-0.2, 0) is 4.74 Å². The second-order valence-electron chi connectivity index (χ2n) is 4.64. The Hall–Kier alpha value is -1.24. The third-order valence-electron chi connectivity index (χ3n) is 2.04. The molecule has 1 amide bonds. The van der Waals surface area contributed by atoms with Gasteiger partial charge in [0.05, 0.1) is 12.0 Å². The maximum Gasteiger partial charge on any atom is 0.407 e. The van der Waals surface area contributed by atoms with E-state index in [-0.39, 0.29) is 18.1 Å². The van der Waals surface area contributed by atoms with Crippen molar-refractivity contribution >= 4 is 6.09 Å². The van der Waals surface area contributed by atoms with Gasteiger partial charge in [0.2, 0.25) is 0 Å². The Labute approximate surface area is 84.2 Å². The molecular weight excluding hydrogens is 180 g/mol. The highest BCUT2D eigenvalue weighted by Crippen LogP contribution is 2.26. The molecule has 0 aromatic carbocycles. The predicted molar refractivity (Wildman–Crippen MR) is 51.5 cm³/mol. The fourth-order valence-electron chi connectivity index (χ4n) is 1.32. The molecule has 14 heavy (non-hydrogen) atoms. The summed E-state index contributed by atoms with van der Waals surface area (Å²) in [5.74, 6) is 0.106. The van der Waals surface area contributed by atoms with Gasteiger partial charge in [-0.15, -0.1) is 0 Å². The van der Waals surface area contributed by atoms with Crippen molar-refractivity contribution in [2.45, 2.75) is 45.3 Å². The average molecular weight is 196 g/mol. The van der Waals surface area contributed by atoms with Crippen LogP contribution in [0.25, 0.3) is 0 Å². The van der Waals surface area contributed by atoms with Gasteiger partial charge in [-0.3, -0.25) is 0 Å². The lowest BCUT2D eigenvalue weighted by Crippen LogP contribution is -2.45. The van der Waals surface area contributed by atoms with E-state index in [1.54, 1.807) is 0 Å². The molecule has 1 saturated carbocycles. The van der Waals surface area contributed by atoms with Crippen LogP contribution in [-0.4, -0.2) is 17.7 Å². The molecule has 0 atom stereocenters. The van der Waals surface area contributed by atoms with Gasteiger partial charge < -0.3 is 10.1 Å². The van der Waals surface area contributed by atoms with Crippen molar-refractivity contribution in [1.29, 1.82) is 5.26 Å². The Morgan fingerprint density at radius 2 is 2.07 bits per heavy atom. The van der Waals surface area contributed by atoms with Crippen LogP contribution in [0.5, 0.6) is 0 Å². The molecule has 4 nitrogen and oxygen atoms in total. The number of ether oxygens (including phenoxy) is 1. The van der Waals surface area contributed by atoms with Crippen LogP contribution < -0.4 is 5.32 Å². The van der Waals surface area contributed by atoms with Gasteiger partial charge in [-0.2, -0.15) is 5.26 Å². The Balaban J connectivity index is 2.21. The van der Waals surface area contributed by atoms with Crippen LogP contribution in [0, 0.1) is 17.2 Å². The van der Waals surface area contributed by atoms with Crippen molar-refractivity contribution in [2.24, 2.45) is 5.92 Å². The lowest BCUT2D eigenvalue weighted by atomic mass is 9.81. The van der Waals surface area contributed by atoms with E-state index in [4.69, 9.17) is 10.00 Å². The monoisotopic (exact) mass is 196 g/mol. The highest BCUT2D eigenvalue weighted by molar-refractivity contribution is 5.68. The van der Waals surface area contributed by atoms with E-state index in [9.17, 15) is 4.79 Å². The lowest BCUT2D eigenvalue weighted by molar-refractivity contribution is 0.0466. The average Bonchev–Trinajstić information content (AvgIpc) is 1.91. The Kier molecular flexibility index (Phi) is 3.00. The van der Waals surface area contributed by atoms with Gasteiger partial charge in [0.25, 0.3) is 0 Å². The van der Waals surface area contributed by atoms with Crippen molar-refractivity contribution in [3.63, 3.8) is 0 Å².